The van der Waals surface area contributed by atoms with E-state index >= 15 is 0 Å². The minimum Gasteiger partial charge on any atom is -0.273 e. The zero-order chi connectivity index (χ0) is 24.9. The number of hydrazone groups is 1. The average molecular weight is 510 g/mol. The summed E-state index contributed by atoms with van der Waals surface area (Å²) in [6, 6.07) is 16.4. The maximum absolute atomic E-state index is 13.0. The molecule has 0 saturated heterocycles. The highest BCUT2D eigenvalue weighted by molar-refractivity contribution is 7.92. The van der Waals surface area contributed by atoms with Gasteiger partial charge in [-0.15, -0.1) is 0 Å². The molecule has 0 saturated carbocycles. The van der Waals surface area contributed by atoms with Crippen molar-refractivity contribution in [2.75, 3.05) is 11.4 Å². The van der Waals surface area contributed by atoms with Crippen LogP contribution in [0.25, 0.3) is 0 Å². The summed E-state index contributed by atoms with van der Waals surface area (Å²) in [4.78, 5) is 11.8. The van der Waals surface area contributed by atoms with Crippen LogP contribution in [0.1, 0.15) is 16.7 Å². The third kappa shape index (κ3) is 6.15. The van der Waals surface area contributed by atoms with Gasteiger partial charge in [0.2, 0.25) is 5.91 Å². The zero-order valence-corrected chi connectivity index (χ0v) is 19.3. The van der Waals surface area contributed by atoms with Crippen LogP contribution in [-0.4, -0.2) is 27.6 Å². The van der Waals surface area contributed by atoms with Gasteiger partial charge in [-0.25, -0.2) is 13.8 Å². The summed E-state index contributed by atoms with van der Waals surface area (Å²) in [7, 11) is -2.88. The number of sulfonamides is 1. The minimum atomic E-state index is -4.57. The van der Waals surface area contributed by atoms with E-state index in [1.165, 1.54) is 19.3 Å². The molecule has 0 unspecified atom stereocenters. The maximum Gasteiger partial charge on any atom is 0.416 e. The average Bonchev–Trinajstić information content (AvgIpc) is 2.78. The molecule has 1 N–H and O–H groups in total. The van der Waals surface area contributed by atoms with E-state index in [0.717, 1.165) is 16.4 Å². The Labute approximate surface area is 199 Å². The molecule has 0 aliphatic rings. The number of benzene rings is 3. The molecule has 0 atom stereocenters. The number of para-hydroxylation sites is 1. The van der Waals surface area contributed by atoms with E-state index in [-0.39, 0.29) is 17.0 Å². The van der Waals surface area contributed by atoms with Crippen molar-refractivity contribution >= 4 is 39.4 Å². The van der Waals surface area contributed by atoms with Crippen LogP contribution in [-0.2, 0) is 27.4 Å². The smallest absolute Gasteiger partial charge is 0.273 e. The van der Waals surface area contributed by atoms with Crippen molar-refractivity contribution in [2.24, 2.45) is 5.10 Å². The van der Waals surface area contributed by atoms with Gasteiger partial charge in [0.05, 0.1) is 28.8 Å². The van der Waals surface area contributed by atoms with Crippen LogP contribution in [0.3, 0.4) is 0 Å². The van der Waals surface area contributed by atoms with E-state index in [2.05, 4.69) is 10.5 Å². The molecular formula is C23H19ClF3N3O3S. The van der Waals surface area contributed by atoms with Crippen molar-refractivity contribution in [2.45, 2.75) is 17.5 Å². The molecule has 34 heavy (non-hydrogen) atoms. The van der Waals surface area contributed by atoms with Gasteiger partial charge in [0.25, 0.3) is 10.0 Å². The van der Waals surface area contributed by atoms with Gasteiger partial charge in [-0.1, -0.05) is 41.9 Å². The van der Waals surface area contributed by atoms with Gasteiger partial charge in [-0.05, 0) is 48.0 Å². The standard InChI is InChI=1S/C23H19ClF3N3O3S/c1-30(34(32,33)20-11-9-18(10-12-20)23(25,26)27)21-8-3-2-6-17(21)15-28-29-22(31)14-16-5-4-7-19(24)13-16/h2-13,15H,14H2,1H3,(H,29,31)/b28-15+. The van der Waals surface area contributed by atoms with E-state index in [0.29, 0.717) is 28.3 Å². The Morgan fingerprint density at radius 3 is 2.38 bits per heavy atom. The van der Waals surface area contributed by atoms with Gasteiger partial charge in [0.15, 0.2) is 0 Å². The number of amides is 1. The first-order valence-electron chi connectivity index (χ1n) is 9.80. The van der Waals surface area contributed by atoms with Gasteiger partial charge >= 0.3 is 6.18 Å². The summed E-state index contributed by atoms with van der Waals surface area (Å²) >= 11 is 5.90. The van der Waals surface area contributed by atoms with Gasteiger partial charge in [-0.2, -0.15) is 18.3 Å². The zero-order valence-electron chi connectivity index (χ0n) is 17.8. The minimum absolute atomic E-state index is 0.0434. The number of hydrogen-bond donors (Lipinski definition) is 1. The first-order chi connectivity index (χ1) is 16.0. The number of anilines is 1. The molecule has 0 aliphatic carbocycles. The molecule has 3 rings (SSSR count). The van der Waals surface area contributed by atoms with Crippen LogP contribution in [0, 0.1) is 0 Å². The molecule has 6 nitrogen and oxygen atoms in total. The molecule has 178 valence electrons. The number of hydrogen-bond acceptors (Lipinski definition) is 4. The van der Waals surface area contributed by atoms with Crippen molar-refractivity contribution in [1.29, 1.82) is 0 Å². The number of nitrogens with zero attached hydrogens (tertiary/aromatic N) is 2. The second kappa shape index (κ2) is 10.3. The summed E-state index contributed by atoms with van der Waals surface area (Å²) in [5.74, 6) is -0.401. The molecule has 3 aromatic carbocycles. The van der Waals surface area contributed by atoms with Crippen molar-refractivity contribution in [3.8, 4) is 0 Å². The Hall–Kier alpha value is -3.37. The van der Waals surface area contributed by atoms with Gasteiger partial charge in [-0.3, -0.25) is 9.10 Å². The number of carbonyl (C=O) groups excluding carboxylic acids is 1. The monoisotopic (exact) mass is 509 g/mol. The number of rotatable bonds is 7. The van der Waals surface area contributed by atoms with Crippen LogP contribution in [0.15, 0.2) is 82.8 Å². The molecule has 3 aromatic rings. The Bertz CT molecular complexity index is 1310. The van der Waals surface area contributed by atoms with Crippen LogP contribution >= 0.6 is 11.6 Å². The Morgan fingerprint density at radius 1 is 1.06 bits per heavy atom. The molecule has 0 radical (unpaired) electrons. The fourth-order valence-electron chi connectivity index (χ4n) is 3.03. The summed E-state index contributed by atoms with van der Waals surface area (Å²) < 4.78 is 65.3. The lowest BCUT2D eigenvalue weighted by Crippen LogP contribution is -2.27. The lowest BCUT2D eigenvalue weighted by Gasteiger charge is -2.21. The molecule has 0 aliphatic heterocycles. The highest BCUT2D eigenvalue weighted by Crippen LogP contribution is 2.31. The molecule has 0 spiro atoms. The second-order valence-electron chi connectivity index (χ2n) is 7.15. The fraction of sp³-hybridized carbons (Fsp3) is 0.130. The second-order valence-corrected chi connectivity index (χ2v) is 9.56. The maximum atomic E-state index is 13.0. The Balaban J connectivity index is 1.76. The van der Waals surface area contributed by atoms with Crippen molar-refractivity contribution in [3.05, 3.63) is 94.5 Å². The summed E-state index contributed by atoms with van der Waals surface area (Å²) in [6.45, 7) is 0. The largest absolute Gasteiger partial charge is 0.416 e. The Kier molecular flexibility index (Phi) is 7.63. The van der Waals surface area contributed by atoms with Crippen LogP contribution < -0.4 is 9.73 Å². The van der Waals surface area contributed by atoms with E-state index in [1.807, 2.05) is 0 Å². The third-order valence-electron chi connectivity index (χ3n) is 4.76. The highest BCUT2D eigenvalue weighted by Gasteiger charge is 2.31. The first-order valence-corrected chi connectivity index (χ1v) is 11.6. The van der Waals surface area contributed by atoms with E-state index in [9.17, 15) is 26.4 Å². The fourth-order valence-corrected chi connectivity index (χ4v) is 4.47. The van der Waals surface area contributed by atoms with Crippen molar-refractivity contribution in [1.82, 2.24) is 5.43 Å². The SMILES string of the molecule is CN(c1ccccc1/C=N/NC(=O)Cc1cccc(Cl)c1)S(=O)(=O)c1ccc(C(F)(F)F)cc1. The predicted molar refractivity (Wildman–Crippen MR) is 124 cm³/mol. The normalized spacial score (nSPS) is 12.0. The van der Waals surface area contributed by atoms with E-state index < -0.39 is 27.7 Å². The lowest BCUT2D eigenvalue weighted by molar-refractivity contribution is -0.137. The van der Waals surface area contributed by atoms with Crippen LogP contribution in [0.2, 0.25) is 5.02 Å². The summed E-state index contributed by atoms with van der Waals surface area (Å²) in [5.41, 5.74) is 2.70. The predicted octanol–water partition coefficient (Wildman–Crippen LogP) is 4.88. The number of nitrogens with one attached hydrogen (secondary N) is 1. The van der Waals surface area contributed by atoms with Crippen LogP contribution in [0.4, 0.5) is 18.9 Å². The van der Waals surface area contributed by atoms with E-state index in [4.69, 9.17) is 11.6 Å². The van der Waals surface area contributed by atoms with Crippen molar-refractivity contribution < 1.29 is 26.4 Å². The van der Waals surface area contributed by atoms with Gasteiger partial charge < -0.3 is 0 Å². The molecule has 1 amide bonds. The topological polar surface area (TPSA) is 78.8 Å². The quantitative estimate of drug-likeness (QED) is 0.364. The van der Waals surface area contributed by atoms with Crippen LogP contribution in [0.5, 0.6) is 0 Å². The highest BCUT2D eigenvalue weighted by atomic mass is 35.5. The van der Waals surface area contributed by atoms with E-state index in [1.54, 1.807) is 42.5 Å². The molecule has 0 fully saturated rings. The molecular weight excluding hydrogens is 491 g/mol. The number of carbonyl (C=O) groups is 1. The van der Waals surface area contributed by atoms with Gasteiger partial charge in [0, 0.05) is 17.6 Å². The summed E-state index contributed by atoms with van der Waals surface area (Å²) in [6.07, 6.45) is -3.25. The molecule has 0 bridgehead atoms. The van der Waals surface area contributed by atoms with Crippen molar-refractivity contribution in [3.63, 3.8) is 0 Å². The number of halogens is 4. The summed E-state index contributed by atoms with van der Waals surface area (Å²) in [5, 5.41) is 4.39. The molecule has 11 heteroatoms. The molecule has 0 heterocycles. The third-order valence-corrected chi connectivity index (χ3v) is 6.78. The number of alkyl halides is 3. The van der Waals surface area contributed by atoms with Gasteiger partial charge in [0.1, 0.15) is 0 Å². The Morgan fingerprint density at radius 2 is 1.74 bits per heavy atom. The first kappa shape index (κ1) is 25.3. The lowest BCUT2D eigenvalue weighted by atomic mass is 10.1. The molecule has 0 aromatic heterocycles.